The summed E-state index contributed by atoms with van der Waals surface area (Å²) >= 11 is 0. The summed E-state index contributed by atoms with van der Waals surface area (Å²) in [5.74, 6) is 0.173. The van der Waals surface area contributed by atoms with Gasteiger partial charge in [-0.1, -0.05) is 43.3 Å². The summed E-state index contributed by atoms with van der Waals surface area (Å²) < 4.78 is 0. The summed E-state index contributed by atoms with van der Waals surface area (Å²) in [7, 11) is 0. The number of benzene rings is 2. The van der Waals surface area contributed by atoms with Gasteiger partial charge in [0.1, 0.15) is 0 Å². The van der Waals surface area contributed by atoms with E-state index in [0.717, 1.165) is 39.0 Å². The molecule has 2 aliphatic rings. The third kappa shape index (κ3) is 4.07. The lowest BCUT2D eigenvalue weighted by Gasteiger charge is -2.40. The maximum absolute atomic E-state index is 11.5. The standard InChI is InChI=1S/C24H31N3O/c1-3-23(20-9-7-19(8-10-20)22-11-12-24(28)25-22)27-15-13-26(14-16-27)21-6-4-5-18(2)17-21/h4-10,17,22-23H,3,11-16H2,1-2H3,(H,25,28). The van der Waals surface area contributed by atoms with Crippen LogP contribution in [0.15, 0.2) is 48.5 Å². The highest BCUT2D eigenvalue weighted by atomic mass is 16.1. The Balaban J connectivity index is 1.40. The average molecular weight is 378 g/mol. The first-order chi connectivity index (χ1) is 13.6. The van der Waals surface area contributed by atoms with Gasteiger partial charge in [-0.15, -0.1) is 0 Å². The third-order valence-electron chi connectivity index (χ3n) is 6.23. The molecule has 2 aromatic carbocycles. The van der Waals surface area contributed by atoms with Crippen LogP contribution in [0.4, 0.5) is 5.69 Å². The number of carbonyl (C=O) groups excluding carboxylic acids is 1. The van der Waals surface area contributed by atoms with Gasteiger partial charge in [-0.2, -0.15) is 0 Å². The Bertz CT molecular complexity index is 809. The second-order valence-corrected chi connectivity index (χ2v) is 8.11. The Kier molecular flexibility index (Phi) is 5.67. The zero-order valence-electron chi connectivity index (χ0n) is 17.0. The quantitative estimate of drug-likeness (QED) is 0.847. The molecule has 0 aliphatic carbocycles. The number of piperazine rings is 1. The summed E-state index contributed by atoms with van der Waals surface area (Å²) in [6.45, 7) is 8.77. The lowest BCUT2D eigenvalue weighted by molar-refractivity contribution is -0.119. The van der Waals surface area contributed by atoms with Gasteiger partial charge in [0.15, 0.2) is 0 Å². The molecule has 0 saturated carbocycles. The van der Waals surface area contributed by atoms with E-state index in [9.17, 15) is 4.79 Å². The molecule has 2 heterocycles. The van der Waals surface area contributed by atoms with Gasteiger partial charge in [0.25, 0.3) is 0 Å². The smallest absolute Gasteiger partial charge is 0.220 e. The van der Waals surface area contributed by atoms with E-state index in [1.807, 2.05) is 0 Å². The first kappa shape index (κ1) is 19.0. The topological polar surface area (TPSA) is 35.6 Å². The van der Waals surface area contributed by atoms with Crippen molar-refractivity contribution in [2.75, 3.05) is 31.1 Å². The molecule has 4 nitrogen and oxygen atoms in total. The molecule has 0 bridgehead atoms. The number of carbonyl (C=O) groups is 1. The summed E-state index contributed by atoms with van der Waals surface area (Å²) in [4.78, 5) is 16.6. The van der Waals surface area contributed by atoms with Gasteiger partial charge >= 0.3 is 0 Å². The molecular formula is C24H31N3O. The lowest BCUT2D eigenvalue weighted by Crippen LogP contribution is -2.47. The number of amides is 1. The minimum atomic E-state index is 0.173. The normalized spacial score (nSPS) is 21.6. The van der Waals surface area contributed by atoms with Crippen molar-refractivity contribution in [2.45, 2.75) is 45.2 Å². The summed E-state index contributed by atoms with van der Waals surface area (Å²) in [6.07, 6.45) is 2.68. The largest absolute Gasteiger partial charge is 0.369 e. The van der Waals surface area contributed by atoms with Crippen LogP contribution >= 0.6 is 0 Å². The highest BCUT2D eigenvalue weighted by Gasteiger charge is 2.25. The maximum atomic E-state index is 11.5. The van der Waals surface area contributed by atoms with Crippen molar-refractivity contribution < 1.29 is 4.79 Å². The number of anilines is 1. The van der Waals surface area contributed by atoms with Gasteiger partial charge < -0.3 is 10.2 Å². The highest BCUT2D eigenvalue weighted by molar-refractivity contribution is 5.78. The fraction of sp³-hybridized carbons (Fsp3) is 0.458. The lowest BCUT2D eigenvalue weighted by atomic mass is 9.97. The van der Waals surface area contributed by atoms with Crippen LogP contribution in [-0.2, 0) is 4.79 Å². The molecule has 148 valence electrons. The molecule has 2 fully saturated rings. The Labute approximate surface area is 168 Å². The molecule has 0 aromatic heterocycles. The van der Waals surface area contributed by atoms with E-state index in [1.54, 1.807) is 0 Å². The third-order valence-corrected chi connectivity index (χ3v) is 6.23. The van der Waals surface area contributed by atoms with Crippen LogP contribution in [-0.4, -0.2) is 37.0 Å². The molecule has 0 radical (unpaired) electrons. The van der Waals surface area contributed by atoms with E-state index in [1.165, 1.54) is 22.4 Å². The fourth-order valence-corrected chi connectivity index (χ4v) is 4.64. The Morgan fingerprint density at radius 1 is 1.07 bits per heavy atom. The predicted molar refractivity (Wildman–Crippen MR) is 115 cm³/mol. The number of nitrogens with one attached hydrogen (secondary N) is 1. The van der Waals surface area contributed by atoms with Gasteiger partial charge in [0, 0.05) is 44.3 Å². The molecule has 2 saturated heterocycles. The van der Waals surface area contributed by atoms with Gasteiger partial charge in [0.05, 0.1) is 6.04 Å². The second-order valence-electron chi connectivity index (χ2n) is 8.11. The molecule has 2 aromatic rings. The second kappa shape index (κ2) is 8.36. The van der Waals surface area contributed by atoms with Crippen molar-refractivity contribution in [1.82, 2.24) is 10.2 Å². The summed E-state index contributed by atoms with van der Waals surface area (Å²) in [5.41, 5.74) is 5.29. The Morgan fingerprint density at radius 2 is 1.82 bits per heavy atom. The molecule has 4 rings (SSSR count). The summed E-state index contributed by atoms with van der Waals surface area (Å²) in [5, 5.41) is 3.07. The molecule has 1 N–H and O–H groups in total. The van der Waals surface area contributed by atoms with Gasteiger partial charge in [-0.05, 0) is 48.6 Å². The zero-order valence-corrected chi connectivity index (χ0v) is 17.0. The Hall–Kier alpha value is -2.33. The van der Waals surface area contributed by atoms with Crippen molar-refractivity contribution in [1.29, 1.82) is 0 Å². The van der Waals surface area contributed by atoms with Gasteiger partial charge in [-0.3, -0.25) is 9.69 Å². The molecule has 1 amide bonds. The number of nitrogens with zero attached hydrogens (tertiary/aromatic N) is 2. The van der Waals surface area contributed by atoms with Crippen LogP contribution in [0.5, 0.6) is 0 Å². The number of rotatable bonds is 5. The van der Waals surface area contributed by atoms with E-state index < -0.39 is 0 Å². The van der Waals surface area contributed by atoms with Crippen LogP contribution in [0.2, 0.25) is 0 Å². The first-order valence-electron chi connectivity index (χ1n) is 10.6. The molecule has 0 spiro atoms. The fourth-order valence-electron chi connectivity index (χ4n) is 4.64. The Morgan fingerprint density at radius 3 is 2.43 bits per heavy atom. The number of hydrogen-bond donors (Lipinski definition) is 1. The van der Waals surface area contributed by atoms with Crippen molar-refractivity contribution in [3.05, 3.63) is 65.2 Å². The van der Waals surface area contributed by atoms with Crippen LogP contribution < -0.4 is 10.2 Å². The molecule has 28 heavy (non-hydrogen) atoms. The maximum Gasteiger partial charge on any atom is 0.220 e. The van der Waals surface area contributed by atoms with Crippen molar-refractivity contribution in [3.63, 3.8) is 0 Å². The predicted octanol–water partition coefficient (Wildman–Crippen LogP) is 4.22. The number of hydrogen-bond acceptors (Lipinski definition) is 3. The van der Waals surface area contributed by atoms with Crippen LogP contribution in [0.25, 0.3) is 0 Å². The van der Waals surface area contributed by atoms with E-state index in [4.69, 9.17) is 0 Å². The minimum absolute atomic E-state index is 0.173. The average Bonchev–Trinajstić information content (AvgIpc) is 3.16. The monoisotopic (exact) mass is 377 g/mol. The molecule has 2 unspecified atom stereocenters. The summed E-state index contributed by atoms with van der Waals surface area (Å²) in [6, 6.07) is 18.4. The molecule has 2 atom stereocenters. The SMILES string of the molecule is CCC(c1ccc(C2CCC(=O)N2)cc1)N1CCN(c2cccc(C)c2)CC1. The number of aryl methyl sites for hydroxylation is 1. The van der Waals surface area contributed by atoms with Crippen molar-refractivity contribution in [3.8, 4) is 0 Å². The van der Waals surface area contributed by atoms with Crippen LogP contribution in [0.3, 0.4) is 0 Å². The van der Waals surface area contributed by atoms with E-state index in [2.05, 4.69) is 77.5 Å². The molecule has 2 aliphatic heterocycles. The van der Waals surface area contributed by atoms with E-state index >= 15 is 0 Å². The first-order valence-corrected chi connectivity index (χ1v) is 10.6. The highest BCUT2D eigenvalue weighted by Crippen LogP contribution is 2.29. The van der Waals surface area contributed by atoms with Gasteiger partial charge in [0.2, 0.25) is 5.91 Å². The minimum Gasteiger partial charge on any atom is -0.369 e. The van der Waals surface area contributed by atoms with Crippen molar-refractivity contribution >= 4 is 11.6 Å². The zero-order chi connectivity index (χ0) is 19.5. The van der Waals surface area contributed by atoms with Crippen molar-refractivity contribution in [2.24, 2.45) is 0 Å². The van der Waals surface area contributed by atoms with E-state index in [0.29, 0.717) is 12.5 Å². The van der Waals surface area contributed by atoms with Crippen LogP contribution in [0.1, 0.15) is 55.0 Å². The van der Waals surface area contributed by atoms with E-state index in [-0.39, 0.29) is 11.9 Å². The molecular weight excluding hydrogens is 346 g/mol. The van der Waals surface area contributed by atoms with Crippen LogP contribution in [0, 0.1) is 6.92 Å². The molecule has 4 heteroatoms. The van der Waals surface area contributed by atoms with Gasteiger partial charge in [-0.25, -0.2) is 0 Å².